The van der Waals surface area contributed by atoms with Crippen LogP contribution in [0.5, 0.6) is 16.7 Å². The quantitative estimate of drug-likeness (QED) is 0.591. The highest BCUT2D eigenvalue weighted by Gasteiger charge is 2.30. The van der Waals surface area contributed by atoms with E-state index in [1.54, 1.807) is 31.4 Å². The number of sulfonamides is 1. The summed E-state index contributed by atoms with van der Waals surface area (Å²) in [6, 6.07) is 12.3. The molecule has 0 aliphatic carbocycles. The molecule has 9 heteroatoms. The van der Waals surface area contributed by atoms with Crippen LogP contribution in [0.2, 0.25) is 0 Å². The Bertz CT molecular complexity index is 1110. The molecule has 0 atom stereocenters. The van der Waals surface area contributed by atoms with Crippen LogP contribution in [0.15, 0.2) is 47.4 Å². The maximum absolute atomic E-state index is 12.9. The number of aromatic nitrogens is 1. The van der Waals surface area contributed by atoms with Crippen molar-refractivity contribution in [2.24, 2.45) is 0 Å². The van der Waals surface area contributed by atoms with Gasteiger partial charge in [-0.1, -0.05) is 17.4 Å². The molecule has 1 saturated heterocycles. The molecule has 0 unspecified atom stereocenters. The third-order valence-electron chi connectivity index (χ3n) is 4.92. The van der Waals surface area contributed by atoms with E-state index in [0.29, 0.717) is 36.9 Å². The first-order valence-electron chi connectivity index (χ1n) is 9.25. The third-order valence-corrected chi connectivity index (χ3v) is 7.73. The van der Waals surface area contributed by atoms with E-state index in [0.717, 1.165) is 16.0 Å². The van der Waals surface area contributed by atoms with Crippen molar-refractivity contribution in [1.82, 2.24) is 9.29 Å². The topological polar surface area (TPSA) is 78.0 Å². The molecule has 1 aromatic heterocycles. The summed E-state index contributed by atoms with van der Waals surface area (Å²) < 4.78 is 44.7. The highest BCUT2D eigenvalue weighted by molar-refractivity contribution is 7.89. The van der Waals surface area contributed by atoms with Crippen molar-refractivity contribution in [2.45, 2.75) is 23.8 Å². The summed E-state index contributed by atoms with van der Waals surface area (Å²) >= 11 is 1.47. The molecular weight excluding hydrogens is 412 g/mol. The predicted molar refractivity (Wildman–Crippen MR) is 112 cm³/mol. The summed E-state index contributed by atoms with van der Waals surface area (Å²) in [4.78, 5) is 4.76. The lowest BCUT2D eigenvalue weighted by Gasteiger charge is -2.30. The van der Waals surface area contributed by atoms with Crippen molar-refractivity contribution in [3.8, 4) is 16.7 Å². The summed E-state index contributed by atoms with van der Waals surface area (Å²) in [6.45, 7) is 0.811. The van der Waals surface area contributed by atoms with E-state index in [1.165, 1.54) is 22.8 Å². The Labute approximate surface area is 173 Å². The first kappa shape index (κ1) is 19.9. The van der Waals surface area contributed by atoms with Crippen LogP contribution < -0.4 is 14.2 Å². The van der Waals surface area contributed by atoms with Gasteiger partial charge in [-0.05, 0) is 43.2 Å². The minimum atomic E-state index is -3.55. The molecule has 0 spiro atoms. The summed E-state index contributed by atoms with van der Waals surface area (Å²) in [5.74, 6) is 1.31. The summed E-state index contributed by atoms with van der Waals surface area (Å²) in [5.41, 5.74) is 0.865. The molecule has 0 bridgehead atoms. The molecule has 2 aromatic carbocycles. The van der Waals surface area contributed by atoms with Gasteiger partial charge < -0.3 is 14.2 Å². The number of hydrogen-bond donors (Lipinski definition) is 0. The normalized spacial score (nSPS) is 16.1. The monoisotopic (exact) mass is 434 g/mol. The Morgan fingerprint density at radius 3 is 2.48 bits per heavy atom. The first-order valence-corrected chi connectivity index (χ1v) is 11.5. The number of nitrogens with zero attached hydrogens (tertiary/aromatic N) is 2. The molecule has 4 rings (SSSR count). The number of hydrogen-bond acceptors (Lipinski definition) is 7. The lowest BCUT2D eigenvalue weighted by atomic mass is 10.1. The van der Waals surface area contributed by atoms with Crippen LogP contribution in [0.3, 0.4) is 0 Å². The smallest absolute Gasteiger partial charge is 0.274 e. The third kappa shape index (κ3) is 4.17. The van der Waals surface area contributed by atoms with Crippen LogP contribution in [-0.2, 0) is 10.0 Å². The standard InChI is InChI=1S/C20H22N2O5S2/c1-25-15-4-3-5-17(12-15)29(23,24)22-10-8-14(9-11-22)27-20-21-18-7-6-16(26-2)13-19(18)28-20/h3-7,12-14H,8-11H2,1-2H3. The molecule has 0 N–H and O–H groups in total. The number of benzene rings is 2. The minimum absolute atomic E-state index is 0.0609. The maximum atomic E-state index is 12.9. The van der Waals surface area contributed by atoms with Gasteiger partial charge in [0.25, 0.3) is 5.19 Å². The second-order valence-electron chi connectivity index (χ2n) is 6.71. The van der Waals surface area contributed by atoms with E-state index >= 15 is 0 Å². The SMILES string of the molecule is COc1cccc(S(=O)(=O)N2CCC(Oc3nc4ccc(OC)cc4s3)CC2)c1. The van der Waals surface area contributed by atoms with Gasteiger partial charge in [0.1, 0.15) is 17.6 Å². The molecule has 0 amide bonds. The van der Waals surface area contributed by atoms with Crippen LogP contribution >= 0.6 is 11.3 Å². The van der Waals surface area contributed by atoms with Crippen LogP contribution in [0, 0.1) is 0 Å². The zero-order valence-electron chi connectivity index (χ0n) is 16.2. The van der Waals surface area contributed by atoms with Crippen LogP contribution in [0.1, 0.15) is 12.8 Å². The van der Waals surface area contributed by atoms with Gasteiger partial charge in [0.05, 0.1) is 29.3 Å². The minimum Gasteiger partial charge on any atom is -0.497 e. The summed E-state index contributed by atoms with van der Waals surface area (Å²) in [5, 5.41) is 0.599. The highest BCUT2D eigenvalue weighted by Crippen LogP contribution is 2.32. The Morgan fingerprint density at radius 1 is 1.03 bits per heavy atom. The van der Waals surface area contributed by atoms with E-state index in [4.69, 9.17) is 14.2 Å². The van der Waals surface area contributed by atoms with Gasteiger partial charge in [0.2, 0.25) is 10.0 Å². The van der Waals surface area contributed by atoms with Gasteiger partial charge in [-0.15, -0.1) is 0 Å². The second-order valence-corrected chi connectivity index (χ2v) is 9.64. The Hall–Kier alpha value is -2.36. The number of ether oxygens (including phenoxy) is 3. The van der Waals surface area contributed by atoms with Crippen molar-refractivity contribution in [1.29, 1.82) is 0 Å². The molecule has 2 heterocycles. The average Bonchev–Trinajstić information content (AvgIpc) is 3.15. The number of thiazole rings is 1. The second kappa shape index (κ2) is 8.17. The average molecular weight is 435 g/mol. The van der Waals surface area contributed by atoms with Crippen LogP contribution in [0.4, 0.5) is 0 Å². The van der Waals surface area contributed by atoms with Gasteiger partial charge in [-0.3, -0.25) is 0 Å². The zero-order chi connectivity index (χ0) is 20.4. The van der Waals surface area contributed by atoms with E-state index in [9.17, 15) is 8.42 Å². The fourth-order valence-corrected chi connectivity index (χ4v) is 5.72. The molecular formula is C20H22N2O5S2. The fraction of sp³-hybridized carbons (Fsp3) is 0.350. The van der Waals surface area contributed by atoms with E-state index < -0.39 is 10.0 Å². The van der Waals surface area contributed by atoms with Crippen LogP contribution in [0.25, 0.3) is 10.2 Å². The van der Waals surface area contributed by atoms with Gasteiger partial charge in [-0.2, -0.15) is 4.31 Å². The molecule has 3 aromatic rings. The van der Waals surface area contributed by atoms with Gasteiger partial charge in [-0.25, -0.2) is 13.4 Å². The molecule has 1 aliphatic heterocycles. The van der Waals surface area contributed by atoms with E-state index in [1.807, 2.05) is 18.2 Å². The number of methoxy groups -OCH3 is 2. The number of fused-ring (bicyclic) bond motifs is 1. The van der Waals surface area contributed by atoms with Crippen molar-refractivity contribution in [3.05, 3.63) is 42.5 Å². The molecule has 1 aliphatic rings. The number of rotatable bonds is 6. The molecule has 0 saturated carbocycles. The highest BCUT2D eigenvalue weighted by atomic mass is 32.2. The van der Waals surface area contributed by atoms with Crippen LogP contribution in [-0.4, -0.2) is 51.1 Å². The first-order chi connectivity index (χ1) is 14.0. The molecule has 29 heavy (non-hydrogen) atoms. The lowest BCUT2D eigenvalue weighted by Crippen LogP contribution is -2.41. The number of piperidine rings is 1. The lowest BCUT2D eigenvalue weighted by molar-refractivity contribution is 0.135. The van der Waals surface area contributed by atoms with E-state index in [-0.39, 0.29) is 11.0 Å². The molecule has 154 valence electrons. The van der Waals surface area contributed by atoms with Crippen molar-refractivity contribution >= 4 is 31.6 Å². The maximum Gasteiger partial charge on any atom is 0.274 e. The Kier molecular flexibility index (Phi) is 5.62. The van der Waals surface area contributed by atoms with Gasteiger partial charge >= 0.3 is 0 Å². The van der Waals surface area contributed by atoms with Crippen molar-refractivity contribution in [2.75, 3.05) is 27.3 Å². The molecule has 1 fully saturated rings. The Morgan fingerprint density at radius 2 is 1.76 bits per heavy atom. The Balaban J connectivity index is 1.41. The zero-order valence-corrected chi connectivity index (χ0v) is 17.8. The summed E-state index contributed by atoms with van der Waals surface area (Å²) in [7, 11) is -0.396. The van der Waals surface area contributed by atoms with Gasteiger partial charge in [0, 0.05) is 19.2 Å². The molecule has 7 nitrogen and oxygen atoms in total. The summed E-state index contributed by atoms with van der Waals surface area (Å²) in [6.07, 6.45) is 1.17. The molecule has 0 radical (unpaired) electrons. The van der Waals surface area contributed by atoms with E-state index in [2.05, 4.69) is 4.98 Å². The predicted octanol–water partition coefficient (Wildman–Crippen LogP) is 3.55. The van der Waals surface area contributed by atoms with Crippen molar-refractivity contribution in [3.63, 3.8) is 0 Å². The van der Waals surface area contributed by atoms with Gasteiger partial charge in [0.15, 0.2) is 0 Å². The van der Waals surface area contributed by atoms with Crippen molar-refractivity contribution < 1.29 is 22.6 Å². The fourth-order valence-electron chi connectivity index (χ4n) is 3.30. The largest absolute Gasteiger partial charge is 0.497 e.